The molecule has 1 aliphatic carbocycles. The lowest BCUT2D eigenvalue weighted by Crippen LogP contribution is -2.32. The van der Waals surface area contributed by atoms with Crippen LogP contribution in [0.25, 0.3) is 0 Å². The summed E-state index contributed by atoms with van der Waals surface area (Å²) in [5.74, 6) is 0.610. The summed E-state index contributed by atoms with van der Waals surface area (Å²) in [5.41, 5.74) is 1.77. The average Bonchev–Trinajstić information content (AvgIpc) is 3.40. The number of rotatable bonds is 16. The summed E-state index contributed by atoms with van der Waals surface area (Å²) >= 11 is 0. The minimum absolute atomic E-state index is 0. The highest BCUT2D eigenvalue weighted by atomic mass is 32.2. The van der Waals surface area contributed by atoms with E-state index in [1.165, 1.54) is 0 Å². The largest absolute Gasteiger partial charge is 0.489 e. The van der Waals surface area contributed by atoms with Crippen molar-refractivity contribution in [1.29, 1.82) is 0 Å². The molecule has 0 unspecified atom stereocenters. The molecule has 0 amide bonds. The maximum atomic E-state index is 13.9. The molecule has 42 heavy (non-hydrogen) atoms. The Labute approximate surface area is 252 Å². The molecule has 0 aromatic heterocycles. The molecule has 1 saturated carbocycles. The van der Waals surface area contributed by atoms with Crippen molar-refractivity contribution >= 4 is 15.6 Å². The van der Waals surface area contributed by atoms with Crippen LogP contribution in [0.5, 0.6) is 5.75 Å². The van der Waals surface area contributed by atoms with Crippen LogP contribution in [0.4, 0.5) is 4.39 Å². The van der Waals surface area contributed by atoms with Gasteiger partial charge in [0.05, 0.1) is 17.1 Å². The molecule has 1 aliphatic heterocycles. The fraction of sp³-hybridized carbons (Fsp3) is 0.618. The molecule has 1 heterocycles. The first-order valence-electron chi connectivity index (χ1n) is 15.3. The molecule has 8 heteroatoms. The van der Waals surface area contributed by atoms with Gasteiger partial charge in [0.2, 0.25) is 0 Å². The highest BCUT2D eigenvalue weighted by molar-refractivity contribution is 7.92. The zero-order valence-corrected chi connectivity index (χ0v) is 24.9. The fourth-order valence-corrected chi connectivity index (χ4v) is 8.11. The van der Waals surface area contributed by atoms with Crippen molar-refractivity contribution < 1.29 is 27.4 Å². The van der Waals surface area contributed by atoms with Gasteiger partial charge in [0.25, 0.3) is 0 Å². The number of aliphatic hydroxyl groups is 1. The number of hydrogen-bond donors (Lipinski definition) is 1. The number of ketones is 1. The number of nitrogens with zero attached hydrogens (tertiary/aromatic N) is 1. The first-order chi connectivity index (χ1) is 19.8. The number of alkyl halides is 1. The second-order valence-corrected chi connectivity index (χ2v) is 14.3. The molecule has 1 N–H and O–H groups in total. The summed E-state index contributed by atoms with van der Waals surface area (Å²) in [4.78, 5) is 15.0. The molecular formula is C34H50FNO5S. The van der Waals surface area contributed by atoms with Crippen molar-refractivity contribution in [2.45, 2.75) is 102 Å². The molecule has 0 radical (unpaired) electrons. The Morgan fingerprint density at radius 1 is 0.976 bits per heavy atom. The van der Waals surface area contributed by atoms with E-state index < -0.39 is 22.1 Å². The van der Waals surface area contributed by atoms with Gasteiger partial charge in [-0.25, -0.2) is 12.8 Å². The minimum Gasteiger partial charge on any atom is -0.489 e. The predicted molar refractivity (Wildman–Crippen MR) is 167 cm³/mol. The Morgan fingerprint density at radius 3 is 2.36 bits per heavy atom. The van der Waals surface area contributed by atoms with Gasteiger partial charge in [0, 0.05) is 38.4 Å². The Hall–Kier alpha value is -2.29. The van der Waals surface area contributed by atoms with E-state index in [2.05, 4.69) is 0 Å². The van der Waals surface area contributed by atoms with Crippen LogP contribution >= 0.6 is 0 Å². The molecular weight excluding hydrogens is 553 g/mol. The Bertz CT molecular complexity index is 1170. The van der Waals surface area contributed by atoms with Crippen molar-refractivity contribution in [2.75, 3.05) is 25.4 Å². The lowest BCUT2D eigenvalue weighted by molar-refractivity contribution is -0.121. The highest BCUT2D eigenvalue weighted by Crippen LogP contribution is 2.30. The third-order valence-corrected chi connectivity index (χ3v) is 10.9. The Balaban J connectivity index is 0.00000484. The van der Waals surface area contributed by atoms with Crippen LogP contribution in [0.1, 0.15) is 95.3 Å². The number of hydrogen-bond acceptors (Lipinski definition) is 6. The maximum absolute atomic E-state index is 13.9. The molecule has 2 aromatic carbocycles. The van der Waals surface area contributed by atoms with Crippen LogP contribution in [0, 0.1) is 5.92 Å². The molecule has 2 fully saturated rings. The Morgan fingerprint density at radius 2 is 1.69 bits per heavy atom. The number of carbonyl (C=O) groups is 1. The number of likely N-dealkylation sites (tertiary alicyclic amines) is 1. The summed E-state index contributed by atoms with van der Waals surface area (Å²) in [6, 6.07) is 17.2. The number of aliphatic hydroxyl groups excluding tert-OH is 1. The number of sulfone groups is 1. The summed E-state index contributed by atoms with van der Waals surface area (Å²) < 4.78 is 45.0. The number of carbonyl (C=O) groups excluding carboxylic acids is 1. The van der Waals surface area contributed by atoms with Gasteiger partial charge < -0.3 is 9.84 Å². The quantitative estimate of drug-likeness (QED) is 0.211. The van der Waals surface area contributed by atoms with Gasteiger partial charge >= 0.3 is 0 Å². The third-order valence-electron chi connectivity index (χ3n) is 8.56. The summed E-state index contributed by atoms with van der Waals surface area (Å²) in [5, 5.41) is 11.1. The van der Waals surface area contributed by atoms with Crippen LogP contribution in [0.2, 0.25) is 0 Å². The maximum Gasteiger partial charge on any atom is 0.153 e. The molecule has 1 saturated heterocycles. The van der Waals surface area contributed by atoms with Crippen molar-refractivity contribution in [3.63, 3.8) is 0 Å². The normalized spacial score (nSPS) is 19.6. The number of Topliss-reactive ketones (excluding diaryl/α,β-unsaturated/α-hetero) is 1. The molecule has 3 atom stereocenters. The van der Waals surface area contributed by atoms with E-state index in [4.69, 9.17) is 4.74 Å². The van der Waals surface area contributed by atoms with E-state index in [1.54, 1.807) is 0 Å². The highest BCUT2D eigenvalue weighted by Gasteiger charge is 2.30. The number of unbranched alkanes of at least 4 members (excludes halogenated alkanes) is 2. The van der Waals surface area contributed by atoms with Crippen molar-refractivity contribution in [1.82, 2.24) is 4.90 Å². The first-order valence-corrected chi connectivity index (χ1v) is 17.1. The second kappa shape index (κ2) is 17.1. The predicted octanol–water partition coefficient (Wildman–Crippen LogP) is 6.86. The smallest absolute Gasteiger partial charge is 0.153 e. The van der Waals surface area contributed by atoms with Gasteiger partial charge in [-0.05, 0) is 55.4 Å². The summed E-state index contributed by atoms with van der Waals surface area (Å²) in [7, 11) is -3.05. The lowest BCUT2D eigenvalue weighted by atomic mass is 9.89. The van der Waals surface area contributed by atoms with Gasteiger partial charge in [-0.3, -0.25) is 9.69 Å². The van der Waals surface area contributed by atoms with Gasteiger partial charge in [0.15, 0.2) is 9.84 Å². The van der Waals surface area contributed by atoms with Crippen molar-refractivity contribution in [3.05, 3.63) is 65.7 Å². The number of halogens is 1. The average molecular weight is 604 g/mol. The second-order valence-electron chi connectivity index (χ2n) is 11.9. The third kappa shape index (κ3) is 10.8. The molecule has 4 rings (SSSR count). The van der Waals surface area contributed by atoms with Crippen LogP contribution in [-0.2, 0) is 21.2 Å². The van der Waals surface area contributed by atoms with E-state index in [0.29, 0.717) is 69.7 Å². The first kappa shape index (κ1) is 34.2. The zero-order valence-electron chi connectivity index (χ0n) is 24.1. The van der Waals surface area contributed by atoms with Crippen molar-refractivity contribution in [2.24, 2.45) is 5.92 Å². The SMILES string of the molecule is C.O=C(CCCCCS(=O)(=O)C1CCCCC1)C[C@H](CN1CC[C@@H](F)C1)[C@H](O)c1ccc(OCc2ccccc2)cc1. The van der Waals surface area contributed by atoms with Crippen LogP contribution in [-0.4, -0.2) is 61.0 Å². The van der Waals surface area contributed by atoms with Crippen molar-refractivity contribution in [3.8, 4) is 5.75 Å². The molecule has 2 aromatic rings. The fourth-order valence-electron chi connectivity index (χ4n) is 6.12. The van der Waals surface area contributed by atoms with Gasteiger partial charge in [-0.15, -0.1) is 0 Å². The number of benzene rings is 2. The van der Waals surface area contributed by atoms with Gasteiger partial charge in [0.1, 0.15) is 24.3 Å². The molecule has 2 aliphatic rings. The minimum atomic E-state index is -3.05. The van der Waals surface area contributed by atoms with E-state index in [9.17, 15) is 22.7 Å². The zero-order chi connectivity index (χ0) is 29.1. The molecule has 234 valence electrons. The summed E-state index contributed by atoms with van der Waals surface area (Å²) in [6.45, 7) is 1.87. The number of ether oxygens (including phenoxy) is 1. The van der Waals surface area contributed by atoms with E-state index in [-0.39, 0.29) is 36.6 Å². The molecule has 0 spiro atoms. The standard InChI is InChI=1S/C33H46FNO5S.CH4/c34-29-19-20-35(24-29)23-28(22-30(36)12-6-3-9-21-41(38,39)32-13-7-2-8-14-32)33(37)27-15-17-31(18-16-27)40-25-26-10-4-1-5-11-26;/h1,4-5,10-11,15-18,28-29,32-33,37H,2-3,6-9,12-14,19-25H2;1H4/t28-,29-,33-;/m1./s1. The van der Waals surface area contributed by atoms with E-state index >= 15 is 0 Å². The summed E-state index contributed by atoms with van der Waals surface area (Å²) in [6.07, 6.45) is 5.96. The van der Waals surface area contributed by atoms with E-state index in [1.807, 2.05) is 59.5 Å². The van der Waals surface area contributed by atoms with Gasteiger partial charge in [-0.1, -0.05) is 75.6 Å². The Kier molecular flexibility index (Phi) is 13.9. The topological polar surface area (TPSA) is 83.9 Å². The lowest BCUT2D eigenvalue weighted by Gasteiger charge is -2.27. The van der Waals surface area contributed by atoms with E-state index in [0.717, 1.165) is 37.7 Å². The molecule has 6 nitrogen and oxygen atoms in total. The molecule has 0 bridgehead atoms. The van der Waals surface area contributed by atoms with Crippen LogP contribution in [0.3, 0.4) is 0 Å². The van der Waals surface area contributed by atoms with Gasteiger partial charge in [-0.2, -0.15) is 0 Å². The monoisotopic (exact) mass is 603 g/mol. The van der Waals surface area contributed by atoms with Crippen LogP contribution < -0.4 is 4.74 Å². The van der Waals surface area contributed by atoms with Crippen LogP contribution in [0.15, 0.2) is 54.6 Å².